The number of carbonyl (C=O) groups is 1. The van der Waals surface area contributed by atoms with Gasteiger partial charge in [-0.05, 0) is 24.3 Å². The maximum Gasteiger partial charge on any atom is 0.263 e. The smallest absolute Gasteiger partial charge is 0.263 e. The van der Waals surface area contributed by atoms with Gasteiger partial charge in [0.25, 0.3) is 5.91 Å². The first kappa shape index (κ1) is 16.2. The molecule has 0 atom stereocenters. The van der Waals surface area contributed by atoms with Crippen molar-refractivity contribution < 1.29 is 13.2 Å². The number of sulfonamides is 1. The maximum atomic E-state index is 12.6. The van der Waals surface area contributed by atoms with Crippen molar-refractivity contribution in [2.45, 2.75) is 24.3 Å². The van der Waals surface area contributed by atoms with E-state index >= 15 is 0 Å². The molecule has 23 heavy (non-hydrogen) atoms. The number of amides is 1. The molecule has 9 heteroatoms. The Morgan fingerprint density at radius 2 is 2.13 bits per heavy atom. The van der Waals surface area contributed by atoms with E-state index in [0.29, 0.717) is 19.6 Å². The van der Waals surface area contributed by atoms with E-state index in [9.17, 15) is 13.2 Å². The zero-order valence-corrected chi connectivity index (χ0v) is 14.4. The highest BCUT2D eigenvalue weighted by Crippen LogP contribution is 2.27. The molecule has 0 unspecified atom stereocenters. The molecule has 0 spiro atoms. The molecule has 0 radical (unpaired) electrons. The molecule has 2 aromatic rings. The van der Waals surface area contributed by atoms with Crippen LogP contribution < -0.4 is 5.32 Å². The minimum Gasteiger partial charge on any atom is -0.347 e. The molecule has 1 fully saturated rings. The van der Waals surface area contributed by atoms with Crippen LogP contribution in [0.5, 0.6) is 0 Å². The summed E-state index contributed by atoms with van der Waals surface area (Å²) in [7, 11) is -1.79. The van der Waals surface area contributed by atoms with Crippen LogP contribution in [-0.2, 0) is 23.6 Å². The van der Waals surface area contributed by atoms with Crippen molar-refractivity contribution in [2.24, 2.45) is 7.05 Å². The molecular weight excluding hydrogens is 336 g/mol. The fourth-order valence-electron chi connectivity index (χ4n) is 2.56. The number of hydrogen-bond acceptors (Lipinski definition) is 5. The van der Waals surface area contributed by atoms with E-state index in [0.717, 1.165) is 29.7 Å². The van der Waals surface area contributed by atoms with E-state index in [1.54, 1.807) is 29.5 Å². The molecule has 1 aliphatic heterocycles. The first-order chi connectivity index (χ1) is 11.0. The summed E-state index contributed by atoms with van der Waals surface area (Å²) < 4.78 is 28.4. The van der Waals surface area contributed by atoms with Crippen molar-refractivity contribution in [2.75, 3.05) is 13.1 Å². The van der Waals surface area contributed by atoms with Crippen LogP contribution in [0.1, 0.15) is 28.1 Å². The van der Waals surface area contributed by atoms with Gasteiger partial charge in [-0.25, -0.2) is 8.42 Å². The Morgan fingerprint density at radius 3 is 2.78 bits per heavy atom. The lowest BCUT2D eigenvalue weighted by Crippen LogP contribution is -2.30. The Balaban J connectivity index is 1.76. The maximum absolute atomic E-state index is 12.6. The highest BCUT2D eigenvalue weighted by Gasteiger charge is 2.31. The number of hydrogen-bond donors (Lipinski definition) is 1. The molecule has 3 rings (SSSR count). The highest BCUT2D eigenvalue weighted by molar-refractivity contribution is 7.89. The molecular formula is C14H18N4O3S2. The number of carbonyl (C=O) groups excluding carboxylic acids is 1. The third-order valence-corrected chi connectivity index (χ3v) is 6.71. The van der Waals surface area contributed by atoms with Gasteiger partial charge in [-0.2, -0.15) is 9.40 Å². The van der Waals surface area contributed by atoms with Gasteiger partial charge in [0.15, 0.2) is 0 Å². The zero-order valence-electron chi connectivity index (χ0n) is 12.7. The molecule has 2 aromatic heterocycles. The normalized spacial score (nSPS) is 15.9. The van der Waals surface area contributed by atoms with Crippen LogP contribution in [0.2, 0.25) is 0 Å². The van der Waals surface area contributed by atoms with Crippen molar-refractivity contribution in [3.05, 3.63) is 34.3 Å². The number of rotatable bonds is 5. The first-order valence-corrected chi connectivity index (χ1v) is 9.64. The molecule has 0 bridgehead atoms. The van der Waals surface area contributed by atoms with Crippen molar-refractivity contribution in [1.29, 1.82) is 0 Å². The van der Waals surface area contributed by atoms with Crippen molar-refractivity contribution in [3.8, 4) is 0 Å². The predicted octanol–water partition coefficient (Wildman–Crippen LogP) is 1.20. The fourth-order valence-corrected chi connectivity index (χ4v) is 5.39. The van der Waals surface area contributed by atoms with E-state index < -0.39 is 10.0 Å². The van der Waals surface area contributed by atoms with Gasteiger partial charge < -0.3 is 5.32 Å². The standard InChI is InChI=1S/C14H18N4O3S2/c1-17-10-11(9-16-17)8-15-14(19)13-12(4-7-22-13)23(20,21)18-5-2-3-6-18/h4,7,9-10H,2-3,5-6,8H2,1H3,(H,15,19). The van der Waals surface area contributed by atoms with Crippen LogP contribution in [0.15, 0.2) is 28.7 Å². The summed E-state index contributed by atoms with van der Waals surface area (Å²) in [6.45, 7) is 1.36. The molecule has 0 aromatic carbocycles. The Kier molecular flexibility index (Phi) is 4.51. The Bertz CT molecular complexity index is 804. The minimum absolute atomic E-state index is 0.105. The molecule has 1 amide bonds. The first-order valence-electron chi connectivity index (χ1n) is 7.32. The molecule has 0 saturated carbocycles. The van der Waals surface area contributed by atoms with Crippen molar-refractivity contribution in [3.63, 3.8) is 0 Å². The van der Waals surface area contributed by atoms with Crippen LogP contribution in [-0.4, -0.2) is 41.5 Å². The van der Waals surface area contributed by atoms with E-state index in [-0.39, 0.29) is 15.7 Å². The number of nitrogens with one attached hydrogen (secondary N) is 1. The lowest BCUT2D eigenvalue weighted by atomic mass is 10.3. The lowest BCUT2D eigenvalue weighted by molar-refractivity contribution is 0.0952. The van der Waals surface area contributed by atoms with Crippen LogP contribution in [0.3, 0.4) is 0 Å². The SMILES string of the molecule is Cn1cc(CNC(=O)c2sccc2S(=O)(=O)N2CCCC2)cn1. The van der Waals surface area contributed by atoms with E-state index in [1.165, 1.54) is 10.4 Å². The van der Waals surface area contributed by atoms with Gasteiger partial charge in [-0.1, -0.05) is 0 Å². The topological polar surface area (TPSA) is 84.3 Å². The fraction of sp³-hybridized carbons (Fsp3) is 0.429. The minimum atomic E-state index is -3.58. The van der Waals surface area contributed by atoms with E-state index in [2.05, 4.69) is 10.4 Å². The zero-order chi connectivity index (χ0) is 16.4. The third-order valence-electron chi connectivity index (χ3n) is 3.73. The quantitative estimate of drug-likeness (QED) is 0.874. The number of aryl methyl sites for hydroxylation is 1. The van der Waals surface area contributed by atoms with Crippen molar-refractivity contribution >= 4 is 27.3 Å². The van der Waals surface area contributed by atoms with Gasteiger partial charge in [0.1, 0.15) is 9.77 Å². The molecule has 7 nitrogen and oxygen atoms in total. The second-order valence-electron chi connectivity index (χ2n) is 5.43. The average Bonchev–Trinajstić information content (AvgIpc) is 3.25. The summed E-state index contributed by atoms with van der Waals surface area (Å²) in [5.41, 5.74) is 0.862. The Hall–Kier alpha value is -1.71. The number of thiophene rings is 1. The highest BCUT2D eigenvalue weighted by atomic mass is 32.2. The summed E-state index contributed by atoms with van der Waals surface area (Å²) in [5, 5.41) is 8.43. The summed E-state index contributed by atoms with van der Waals surface area (Å²) in [4.78, 5) is 12.7. The summed E-state index contributed by atoms with van der Waals surface area (Å²) in [6.07, 6.45) is 5.20. The van der Waals surface area contributed by atoms with Crippen molar-refractivity contribution in [1.82, 2.24) is 19.4 Å². The predicted molar refractivity (Wildman–Crippen MR) is 86.7 cm³/mol. The molecule has 3 heterocycles. The lowest BCUT2D eigenvalue weighted by Gasteiger charge is -2.15. The molecule has 1 aliphatic rings. The molecule has 0 aliphatic carbocycles. The van der Waals surface area contributed by atoms with E-state index in [4.69, 9.17) is 0 Å². The Labute approximate surface area is 139 Å². The van der Waals surface area contributed by atoms with Crippen LogP contribution >= 0.6 is 11.3 Å². The van der Waals surface area contributed by atoms with Crippen LogP contribution in [0, 0.1) is 0 Å². The van der Waals surface area contributed by atoms with Gasteiger partial charge in [-0.3, -0.25) is 9.48 Å². The Morgan fingerprint density at radius 1 is 1.39 bits per heavy atom. The van der Waals surface area contributed by atoms with Gasteiger partial charge in [0.05, 0.1) is 6.20 Å². The second-order valence-corrected chi connectivity index (χ2v) is 8.25. The van der Waals surface area contributed by atoms with Gasteiger partial charge in [0, 0.05) is 38.4 Å². The van der Waals surface area contributed by atoms with Gasteiger partial charge in [-0.15, -0.1) is 11.3 Å². The molecule has 1 saturated heterocycles. The van der Waals surface area contributed by atoms with E-state index in [1.807, 2.05) is 0 Å². The number of aromatic nitrogens is 2. The average molecular weight is 354 g/mol. The monoisotopic (exact) mass is 354 g/mol. The summed E-state index contributed by atoms with van der Waals surface area (Å²) >= 11 is 1.14. The second kappa shape index (κ2) is 6.42. The van der Waals surface area contributed by atoms with Crippen LogP contribution in [0.4, 0.5) is 0 Å². The van der Waals surface area contributed by atoms with Crippen LogP contribution in [0.25, 0.3) is 0 Å². The molecule has 1 N–H and O–H groups in total. The largest absolute Gasteiger partial charge is 0.347 e. The third kappa shape index (κ3) is 3.31. The number of nitrogens with zero attached hydrogens (tertiary/aromatic N) is 3. The van der Waals surface area contributed by atoms with Gasteiger partial charge in [0.2, 0.25) is 10.0 Å². The molecule has 124 valence electrons. The summed E-state index contributed by atoms with van der Waals surface area (Å²) in [5.74, 6) is -0.373. The summed E-state index contributed by atoms with van der Waals surface area (Å²) in [6, 6.07) is 1.51. The van der Waals surface area contributed by atoms with Gasteiger partial charge >= 0.3 is 0 Å².